The van der Waals surface area contributed by atoms with Crippen molar-refractivity contribution in [3.8, 4) is 0 Å². The zero-order chi connectivity index (χ0) is 12.0. The average Bonchev–Trinajstić information content (AvgIpc) is 2.30. The number of anilines is 1. The van der Waals surface area contributed by atoms with E-state index in [0.29, 0.717) is 0 Å². The van der Waals surface area contributed by atoms with Crippen LogP contribution >= 0.6 is 0 Å². The molecule has 2 N–H and O–H groups in total. The van der Waals surface area contributed by atoms with Crippen LogP contribution < -0.4 is 10.6 Å². The SMILES string of the molecule is CCCN(C)c1ncccc1CC(N)CC. The molecular weight excluding hydrogens is 198 g/mol. The Morgan fingerprint density at radius 1 is 1.44 bits per heavy atom. The molecule has 0 aliphatic heterocycles. The first-order valence-electron chi connectivity index (χ1n) is 6.09. The molecule has 0 fully saturated rings. The first kappa shape index (κ1) is 13.0. The zero-order valence-corrected chi connectivity index (χ0v) is 10.6. The molecule has 0 amide bonds. The maximum Gasteiger partial charge on any atom is 0.131 e. The molecule has 0 saturated carbocycles. The highest BCUT2D eigenvalue weighted by atomic mass is 15.2. The van der Waals surface area contributed by atoms with Gasteiger partial charge in [-0.3, -0.25) is 0 Å². The van der Waals surface area contributed by atoms with Gasteiger partial charge in [0, 0.05) is 25.8 Å². The first-order valence-corrected chi connectivity index (χ1v) is 6.09. The molecule has 1 unspecified atom stereocenters. The van der Waals surface area contributed by atoms with Gasteiger partial charge in [-0.15, -0.1) is 0 Å². The van der Waals surface area contributed by atoms with Gasteiger partial charge in [-0.25, -0.2) is 4.98 Å². The largest absolute Gasteiger partial charge is 0.359 e. The Kier molecular flexibility index (Phi) is 5.26. The third-order valence-corrected chi connectivity index (χ3v) is 2.79. The summed E-state index contributed by atoms with van der Waals surface area (Å²) in [6.07, 6.45) is 4.90. The van der Waals surface area contributed by atoms with Crippen molar-refractivity contribution < 1.29 is 0 Å². The highest BCUT2D eigenvalue weighted by Gasteiger charge is 2.10. The number of nitrogens with zero attached hydrogens (tertiary/aromatic N) is 2. The number of hydrogen-bond donors (Lipinski definition) is 1. The topological polar surface area (TPSA) is 42.2 Å². The van der Waals surface area contributed by atoms with E-state index in [1.165, 1.54) is 5.56 Å². The predicted octanol–water partition coefficient (Wildman–Crippen LogP) is 2.21. The zero-order valence-electron chi connectivity index (χ0n) is 10.6. The van der Waals surface area contributed by atoms with Crippen molar-refractivity contribution in [2.24, 2.45) is 5.73 Å². The molecule has 0 spiro atoms. The van der Waals surface area contributed by atoms with Crippen molar-refractivity contribution in [1.82, 2.24) is 4.98 Å². The second-order valence-electron chi connectivity index (χ2n) is 4.28. The average molecular weight is 221 g/mol. The Labute approximate surface area is 98.7 Å². The summed E-state index contributed by atoms with van der Waals surface area (Å²) in [5.41, 5.74) is 7.26. The Hall–Kier alpha value is -1.09. The van der Waals surface area contributed by atoms with Crippen molar-refractivity contribution in [1.29, 1.82) is 0 Å². The summed E-state index contributed by atoms with van der Waals surface area (Å²) in [4.78, 5) is 6.66. The Morgan fingerprint density at radius 3 is 2.81 bits per heavy atom. The van der Waals surface area contributed by atoms with Crippen LogP contribution in [0.25, 0.3) is 0 Å². The summed E-state index contributed by atoms with van der Waals surface area (Å²) in [5, 5.41) is 0. The van der Waals surface area contributed by atoms with E-state index in [1.807, 2.05) is 12.3 Å². The molecule has 0 aliphatic carbocycles. The first-order chi connectivity index (χ1) is 7.69. The number of pyridine rings is 1. The van der Waals surface area contributed by atoms with E-state index in [0.717, 1.165) is 31.6 Å². The lowest BCUT2D eigenvalue weighted by molar-refractivity contribution is 0.643. The number of rotatable bonds is 6. The van der Waals surface area contributed by atoms with Crippen LogP contribution in [0.15, 0.2) is 18.3 Å². The number of nitrogens with two attached hydrogens (primary N) is 1. The van der Waals surface area contributed by atoms with Crippen molar-refractivity contribution in [3.63, 3.8) is 0 Å². The van der Waals surface area contributed by atoms with Crippen molar-refractivity contribution in [2.45, 2.75) is 39.2 Å². The van der Waals surface area contributed by atoms with E-state index in [2.05, 4.69) is 36.8 Å². The molecule has 0 bridgehead atoms. The van der Waals surface area contributed by atoms with Crippen molar-refractivity contribution in [3.05, 3.63) is 23.9 Å². The minimum atomic E-state index is 0.234. The highest BCUT2D eigenvalue weighted by molar-refractivity contribution is 5.46. The van der Waals surface area contributed by atoms with Gasteiger partial charge in [0.05, 0.1) is 0 Å². The second-order valence-corrected chi connectivity index (χ2v) is 4.28. The van der Waals surface area contributed by atoms with E-state index in [-0.39, 0.29) is 6.04 Å². The smallest absolute Gasteiger partial charge is 0.131 e. The molecule has 3 heteroatoms. The molecule has 1 heterocycles. The van der Waals surface area contributed by atoms with E-state index in [1.54, 1.807) is 0 Å². The molecular formula is C13H23N3. The van der Waals surface area contributed by atoms with Crippen LogP contribution in [0.5, 0.6) is 0 Å². The molecule has 1 aromatic heterocycles. The molecule has 1 atom stereocenters. The Balaban J connectivity index is 2.82. The summed E-state index contributed by atoms with van der Waals surface area (Å²) >= 11 is 0. The monoisotopic (exact) mass is 221 g/mol. The quantitative estimate of drug-likeness (QED) is 0.801. The summed E-state index contributed by atoms with van der Waals surface area (Å²) < 4.78 is 0. The molecule has 90 valence electrons. The fourth-order valence-corrected chi connectivity index (χ4v) is 1.80. The number of hydrogen-bond acceptors (Lipinski definition) is 3. The second kappa shape index (κ2) is 6.48. The lowest BCUT2D eigenvalue weighted by Gasteiger charge is -2.21. The summed E-state index contributed by atoms with van der Waals surface area (Å²) in [6.45, 7) is 5.33. The molecule has 0 saturated heterocycles. The lowest BCUT2D eigenvalue weighted by atomic mass is 10.1. The normalized spacial score (nSPS) is 12.5. The van der Waals surface area contributed by atoms with Crippen LogP contribution in [-0.2, 0) is 6.42 Å². The third kappa shape index (κ3) is 3.49. The third-order valence-electron chi connectivity index (χ3n) is 2.79. The molecule has 1 aromatic rings. The molecule has 0 radical (unpaired) electrons. The van der Waals surface area contributed by atoms with Gasteiger partial charge in [0.2, 0.25) is 0 Å². The number of aromatic nitrogens is 1. The van der Waals surface area contributed by atoms with Crippen LogP contribution in [0.3, 0.4) is 0 Å². The minimum absolute atomic E-state index is 0.234. The van der Waals surface area contributed by atoms with E-state index < -0.39 is 0 Å². The Morgan fingerprint density at radius 2 is 2.19 bits per heavy atom. The van der Waals surface area contributed by atoms with Crippen LogP contribution in [0.4, 0.5) is 5.82 Å². The molecule has 1 rings (SSSR count). The van der Waals surface area contributed by atoms with Gasteiger partial charge in [0.1, 0.15) is 5.82 Å². The maximum atomic E-state index is 6.00. The van der Waals surface area contributed by atoms with E-state index >= 15 is 0 Å². The molecule has 3 nitrogen and oxygen atoms in total. The van der Waals surface area contributed by atoms with Gasteiger partial charge < -0.3 is 10.6 Å². The minimum Gasteiger partial charge on any atom is -0.359 e. The molecule has 0 aliphatic rings. The van der Waals surface area contributed by atoms with Gasteiger partial charge in [0.15, 0.2) is 0 Å². The standard InChI is InChI=1S/C13H23N3/c1-4-9-16(3)13-11(7-6-8-15-13)10-12(14)5-2/h6-8,12H,4-5,9-10,14H2,1-3H3. The fraction of sp³-hybridized carbons (Fsp3) is 0.615. The van der Waals surface area contributed by atoms with Crippen LogP contribution in [0.2, 0.25) is 0 Å². The fourth-order valence-electron chi connectivity index (χ4n) is 1.80. The molecule has 16 heavy (non-hydrogen) atoms. The van der Waals surface area contributed by atoms with Crippen molar-refractivity contribution in [2.75, 3.05) is 18.5 Å². The van der Waals surface area contributed by atoms with Gasteiger partial charge in [-0.1, -0.05) is 19.9 Å². The van der Waals surface area contributed by atoms with Gasteiger partial charge in [-0.2, -0.15) is 0 Å². The van der Waals surface area contributed by atoms with Crippen LogP contribution in [0.1, 0.15) is 32.3 Å². The van der Waals surface area contributed by atoms with E-state index in [9.17, 15) is 0 Å². The highest BCUT2D eigenvalue weighted by Crippen LogP contribution is 2.17. The molecule has 0 aromatic carbocycles. The Bertz CT molecular complexity index is 312. The maximum absolute atomic E-state index is 6.00. The summed E-state index contributed by atoms with van der Waals surface area (Å²) in [6, 6.07) is 4.35. The van der Waals surface area contributed by atoms with Crippen LogP contribution in [-0.4, -0.2) is 24.6 Å². The summed E-state index contributed by atoms with van der Waals surface area (Å²) in [7, 11) is 2.09. The van der Waals surface area contributed by atoms with Gasteiger partial charge >= 0.3 is 0 Å². The lowest BCUT2D eigenvalue weighted by Crippen LogP contribution is -2.25. The predicted molar refractivity (Wildman–Crippen MR) is 69.8 cm³/mol. The van der Waals surface area contributed by atoms with Crippen molar-refractivity contribution >= 4 is 5.82 Å². The van der Waals surface area contributed by atoms with Gasteiger partial charge in [0.25, 0.3) is 0 Å². The van der Waals surface area contributed by atoms with Crippen LogP contribution in [0, 0.1) is 0 Å². The summed E-state index contributed by atoms with van der Waals surface area (Å²) in [5.74, 6) is 1.08. The van der Waals surface area contributed by atoms with Gasteiger partial charge in [-0.05, 0) is 30.9 Å². The van der Waals surface area contributed by atoms with E-state index in [4.69, 9.17) is 5.73 Å².